The van der Waals surface area contributed by atoms with Crippen molar-refractivity contribution in [3.05, 3.63) is 34.4 Å². The number of carbonyl (C=O) groups is 1. The molecule has 15 heavy (non-hydrogen) atoms. The molecular formula is C10H10ClF2NO. The minimum Gasteiger partial charge on any atom is -0.352 e. The number of rotatable bonds is 3. The molecule has 0 heterocycles. The van der Waals surface area contributed by atoms with E-state index in [9.17, 15) is 13.6 Å². The highest BCUT2D eigenvalue weighted by atomic mass is 35.5. The highest BCUT2D eigenvalue weighted by molar-refractivity contribution is 6.30. The lowest BCUT2D eigenvalue weighted by molar-refractivity contribution is 0.0949. The Balaban J connectivity index is 2.94. The Morgan fingerprint density at radius 2 is 2.07 bits per heavy atom. The van der Waals surface area contributed by atoms with Crippen molar-refractivity contribution in [2.24, 2.45) is 0 Å². The number of benzene rings is 1. The molecule has 82 valence electrons. The van der Waals surface area contributed by atoms with Crippen molar-refractivity contribution in [2.45, 2.75) is 13.3 Å². The van der Waals surface area contributed by atoms with E-state index in [0.717, 1.165) is 18.6 Å². The molecule has 0 aliphatic rings. The van der Waals surface area contributed by atoms with Crippen molar-refractivity contribution in [2.75, 3.05) is 6.54 Å². The number of hydrogen-bond acceptors (Lipinski definition) is 1. The van der Waals surface area contributed by atoms with Gasteiger partial charge in [-0.15, -0.1) is 0 Å². The van der Waals surface area contributed by atoms with E-state index < -0.39 is 17.5 Å². The summed E-state index contributed by atoms with van der Waals surface area (Å²) in [7, 11) is 0. The molecule has 0 fully saturated rings. The number of carbonyl (C=O) groups excluding carboxylic acids is 1. The van der Waals surface area contributed by atoms with Crippen LogP contribution in [-0.2, 0) is 0 Å². The molecule has 1 rings (SSSR count). The highest BCUT2D eigenvalue weighted by Gasteiger charge is 2.14. The molecule has 1 amide bonds. The summed E-state index contributed by atoms with van der Waals surface area (Å²) in [5.74, 6) is -2.26. The summed E-state index contributed by atoms with van der Waals surface area (Å²) in [6, 6.07) is 1.58. The second-order valence-electron chi connectivity index (χ2n) is 3.00. The van der Waals surface area contributed by atoms with Crippen molar-refractivity contribution in [1.29, 1.82) is 0 Å². The standard InChI is InChI=1S/C10H10ClF2NO/c1-2-3-14-10(15)6-4-9(13)7(11)5-8(6)12/h4-5H,2-3H2,1H3,(H,14,15). The van der Waals surface area contributed by atoms with Gasteiger partial charge in [-0.25, -0.2) is 8.78 Å². The monoisotopic (exact) mass is 233 g/mol. The van der Waals surface area contributed by atoms with E-state index in [1.54, 1.807) is 0 Å². The summed E-state index contributed by atoms with van der Waals surface area (Å²) in [4.78, 5) is 11.3. The van der Waals surface area contributed by atoms with Gasteiger partial charge >= 0.3 is 0 Å². The quantitative estimate of drug-likeness (QED) is 0.800. The van der Waals surface area contributed by atoms with Crippen LogP contribution in [0.15, 0.2) is 12.1 Å². The lowest BCUT2D eigenvalue weighted by Gasteiger charge is -2.05. The Kier molecular flexibility index (Phi) is 4.03. The van der Waals surface area contributed by atoms with Crippen molar-refractivity contribution in [1.82, 2.24) is 5.32 Å². The topological polar surface area (TPSA) is 29.1 Å². The molecule has 5 heteroatoms. The molecule has 2 nitrogen and oxygen atoms in total. The van der Waals surface area contributed by atoms with Gasteiger partial charge in [-0.3, -0.25) is 4.79 Å². The summed E-state index contributed by atoms with van der Waals surface area (Å²) in [6.07, 6.45) is 0.726. The molecule has 0 bridgehead atoms. The largest absolute Gasteiger partial charge is 0.352 e. The maximum absolute atomic E-state index is 13.2. The van der Waals surface area contributed by atoms with Gasteiger partial charge in [0.25, 0.3) is 5.91 Å². The van der Waals surface area contributed by atoms with Crippen LogP contribution in [0.3, 0.4) is 0 Å². The first kappa shape index (κ1) is 11.9. The predicted molar refractivity (Wildman–Crippen MR) is 54.0 cm³/mol. The first-order valence-corrected chi connectivity index (χ1v) is 4.86. The molecule has 1 N–H and O–H groups in total. The van der Waals surface area contributed by atoms with E-state index in [-0.39, 0.29) is 10.6 Å². The zero-order valence-electron chi connectivity index (χ0n) is 8.11. The van der Waals surface area contributed by atoms with Gasteiger partial charge in [0.15, 0.2) is 0 Å². The third-order valence-corrected chi connectivity index (χ3v) is 2.08. The summed E-state index contributed by atoms with van der Waals surface area (Å²) < 4.78 is 26.2. The Bertz CT molecular complexity index is 382. The maximum Gasteiger partial charge on any atom is 0.254 e. The Morgan fingerprint density at radius 3 is 2.67 bits per heavy atom. The summed E-state index contributed by atoms with van der Waals surface area (Å²) in [5, 5.41) is 2.11. The van der Waals surface area contributed by atoms with Crippen LogP contribution in [0.25, 0.3) is 0 Å². The molecule has 0 saturated carbocycles. The number of nitrogens with one attached hydrogen (secondary N) is 1. The van der Waals surface area contributed by atoms with Gasteiger partial charge in [-0.05, 0) is 18.6 Å². The molecule has 0 radical (unpaired) electrons. The number of amides is 1. The third-order valence-electron chi connectivity index (χ3n) is 1.79. The van der Waals surface area contributed by atoms with Gasteiger partial charge in [0.05, 0.1) is 10.6 Å². The van der Waals surface area contributed by atoms with Crippen molar-refractivity contribution in [3.8, 4) is 0 Å². The van der Waals surface area contributed by atoms with Gasteiger partial charge in [0.1, 0.15) is 11.6 Å². The van der Waals surface area contributed by atoms with E-state index in [4.69, 9.17) is 11.6 Å². The first-order chi connectivity index (χ1) is 7.06. The van der Waals surface area contributed by atoms with Crippen LogP contribution >= 0.6 is 11.6 Å². The van der Waals surface area contributed by atoms with Crippen LogP contribution in [0.4, 0.5) is 8.78 Å². The molecule has 0 unspecified atom stereocenters. The van der Waals surface area contributed by atoms with Gasteiger partial charge < -0.3 is 5.32 Å². The second-order valence-corrected chi connectivity index (χ2v) is 3.41. The lowest BCUT2D eigenvalue weighted by atomic mass is 10.2. The van der Waals surface area contributed by atoms with E-state index >= 15 is 0 Å². The first-order valence-electron chi connectivity index (χ1n) is 4.49. The average Bonchev–Trinajstić information content (AvgIpc) is 2.20. The van der Waals surface area contributed by atoms with Crippen LogP contribution in [0.5, 0.6) is 0 Å². The highest BCUT2D eigenvalue weighted by Crippen LogP contribution is 2.19. The minimum atomic E-state index is -0.824. The SMILES string of the molecule is CCCNC(=O)c1cc(F)c(Cl)cc1F. The third kappa shape index (κ3) is 2.89. The van der Waals surface area contributed by atoms with Gasteiger partial charge in [0.2, 0.25) is 0 Å². The fourth-order valence-electron chi connectivity index (χ4n) is 1.03. The Morgan fingerprint density at radius 1 is 1.40 bits per heavy atom. The maximum atomic E-state index is 13.2. The van der Waals surface area contributed by atoms with E-state index in [1.165, 1.54) is 0 Å². The van der Waals surface area contributed by atoms with Crippen LogP contribution in [0.1, 0.15) is 23.7 Å². The van der Waals surface area contributed by atoms with E-state index in [2.05, 4.69) is 5.32 Å². The summed E-state index contributed by atoms with van der Waals surface area (Å²) >= 11 is 5.35. The molecule has 1 aromatic carbocycles. The molecule has 0 spiro atoms. The Labute approximate surface area is 91.2 Å². The van der Waals surface area contributed by atoms with Crippen LogP contribution < -0.4 is 5.32 Å². The molecule has 0 aromatic heterocycles. The van der Waals surface area contributed by atoms with Gasteiger partial charge in [-0.1, -0.05) is 18.5 Å². The molecule has 1 aromatic rings. The minimum absolute atomic E-state index is 0.328. The molecule has 0 aliphatic heterocycles. The molecule has 0 aliphatic carbocycles. The molecular weight excluding hydrogens is 224 g/mol. The zero-order valence-corrected chi connectivity index (χ0v) is 8.87. The number of hydrogen-bond donors (Lipinski definition) is 1. The summed E-state index contributed by atoms with van der Waals surface area (Å²) in [6.45, 7) is 2.28. The van der Waals surface area contributed by atoms with Crippen molar-refractivity contribution >= 4 is 17.5 Å². The van der Waals surface area contributed by atoms with Crippen molar-refractivity contribution in [3.63, 3.8) is 0 Å². The predicted octanol–water partition coefficient (Wildman–Crippen LogP) is 2.76. The summed E-state index contributed by atoms with van der Waals surface area (Å²) in [5.41, 5.74) is -0.328. The van der Waals surface area contributed by atoms with Crippen molar-refractivity contribution < 1.29 is 13.6 Å². The van der Waals surface area contributed by atoms with Crippen LogP contribution in [0, 0.1) is 11.6 Å². The molecule has 0 saturated heterocycles. The smallest absolute Gasteiger partial charge is 0.254 e. The molecule has 0 atom stereocenters. The van der Waals surface area contributed by atoms with Gasteiger partial charge in [0, 0.05) is 6.54 Å². The normalized spacial score (nSPS) is 10.1. The lowest BCUT2D eigenvalue weighted by Crippen LogP contribution is -2.25. The van der Waals surface area contributed by atoms with E-state index in [0.29, 0.717) is 6.54 Å². The second kappa shape index (κ2) is 5.07. The fourth-order valence-corrected chi connectivity index (χ4v) is 1.18. The zero-order chi connectivity index (χ0) is 11.4. The van der Waals surface area contributed by atoms with E-state index in [1.807, 2.05) is 6.92 Å². The van der Waals surface area contributed by atoms with Gasteiger partial charge in [-0.2, -0.15) is 0 Å². The number of halogens is 3. The van der Waals surface area contributed by atoms with Crippen LogP contribution in [-0.4, -0.2) is 12.5 Å². The average molecular weight is 234 g/mol. The van der Waals surface area contributed by atoms with Crippen LogP contribution in [0.2, 0.25) is 5.02 Å². The fraction of sp³-hybridized carbons (Fsp3) is 0.300. The Hall–Kier alpha value is -1.16.